The Hall–Kier alpha value is -0.830. The van der Waals surface area contributed by atoms with Crippen LogP contribution in [-0.2, 0) is 14.3 Å². The monoisotopic (exact) mass is 198 g/mol. The first-order valence-corrected chi connectivity index (χ1v) is 5.13. The number of carbonyl (C=O) groups excluding carboxylic acids is 1. The van der Waals surface area contributed by atoms with E-state index in [1.165, 1.54) is 0 Å². The number of hydrogen-bond acceptors (Lipinski definition) is 3. The predicted octanol–water partition coefficient (Wildman–Crippen LogP) is 2.06. The van der Waals surface area contributed by atoms with Gasteiger partial charge in [-0.2, -0.15) is 0 Å². The van der Waals surface area contributed by atoms with Crippen LogP contribution < -0.4 is 0 Å². The van der Waals surface area contributed by atoms with Crippen LogP contribution in [0.4, 0.5) is 0 Å². The molecule has 2 atom stereocenters. The molecule has 0 aromatic rings. The predicted molar refractivity (Wildman–Crippen MR) is 54.0 cm³/mol. The summed E-state index contributed by atoms with van der Waals surface area (Å²) in [5.74, 6) is -0.233. The van der Waals surface area contributed by atoms with Crippen molar-refractivity contribution in [3.63, 3.8) is 0 Å². The van der Waals surface area contributed by atoms with Gasteiger partial charge in [-0.15, -0.1) is 0 Å². The van der Waals surface area contributed by atoms with Gasteiger partial charge in [0.05, 0.1) is 18.8 Å². The number of rotatable bonds is 2. The molecule has 1 saturated heterocycles. The van der Waals surface area contributed by atoms with Crippen LogP contribution in [0.5, 0.6) is 0 Å². The van der Waals surface area contributed by atoms with Crippen molar-refractivity contribution in [3.05, 3.63) is 11.6 Å². The van der Waals surface area contributed by atoms with Gasteiger partial charge in [0.15, 0.2) is 0 Å². The van der Waals surface area contributed by atoms with E-state index in [0.717, 1.165) is 18.4 Å². The maximum absolute atomic E-state index is 11.2. The molecule has 1 fully saturated rings. The average molecular weight is 198 g/mol. The molecule has 0 aromatic carbocycles. The van der Waals surface area contributed by atoms with Crippen LogP contribution in [0.2, 0.25) is 0 Å². The van der Waals surface area contributed by atoms with Crippen LogP contribution in [0.15, 0.2) is 11.6 Å². The van der Waals surface area contributed by atoms with Crippen LogP contribution >= 0.6 is 0 Å². The second-order valence-corrected chi connectivity index (χ2v) is 3.72. The van der Waals surface area contributed by atoms with Crippen molar-refractivity contribution in [2.75, 3.05) is 6.61 Å². The molecule has 0 N–H and O–H groups in total. The maximum atomic E-state index is 11.2. The van der Waals surface area contributed by atoms with Crippen molar-refractivity contribution < 1.29 is 14.3 Å². The van der Waals surface area contributed by atoms with E-state index in [9.17, 15) is 4.79 Å². The third-order valence-electron chi connectivity index (χ3n) is 2.17. The van der Waals surface area contributed by atoms with Crippen molar-refractivity contribution >= 4 is 5.97 Å². The van der Waals surface area contributed by atoms with E-state index in [2.05, 4.69) is 0 Å². The summed E-state index contributed by atoms with van der Waals surface area (Å²) < 4.78 is 10.4. The Bertz CT molecular complexity index is 221. The van der Waals surface area contributed by atoms with Crippen LogP contribution in [0.1, 0.15) is 33.6 Å². The topological polar surface area (TPSA) is 35.5 Å². The van der Waals surface area contributed by atoms with E-state index in [0.29, 0.717) is 6.61 Å². The molecule has 0 aliphatic carbocycles. The second-order valence-electron chi connectivity index (χ2n) is 3.72. The molecule has 0 amide bonds. The third-order valence-corrected chi connectivity index (χ3v) is 2.17. The zero-order valence-corrected chi connectivity index (χ0v) is 9.08. The summed E-state index contributed by atoms with van der Waals surface area (Å²) >= 11 is 0. The van der Waals surface area contributed by atoms with E-state index >= 15 is 0 Å². The minimum Gasteiger partial charge on any atom is -0.463 e. The van der Waals surface area contributed by atoms with Crippen LogP contribution in [0, 0.1) is 0 Å². The van der Waals surface area contributed by atoms with Crippen LogP contribution in [0.25, 0.3) is 0 Å². The SMILES string of the molecule is CCOC(=O)C=C1C[C@H](C)O[C@@H](C)C1. The molecule has 1 aliphatic heterocycles. The van der Waals surface area contributed by atoms with Crippen molar-refractivity contribution in [3.8, 4) is 0 Å². The minimum absolute atomic E-state index is 0.208. The lowest BCUT2D eigenvalue weighted by Gasteiger charge is -2.27. The number of carbonyl (C=O) groups is 1. The van der Waals surface area contributed by atoms with Gasteiger partial charge >= 0.3 is 5.97 Å². The first-order valence-electron chi connectivity index (χ1n) is 5.13. The highest BCUT2D eigenvalue weighted by Gasteiger charge is 2.19. The molecule has 1 rings (SSSR count). The van der Waals surface area contributed by atoms with Gasteiger partial charge in [-0.1, -0.05) is 5.57 Å². The molecule has 80 valence electrons. The highest BCUT2D eigenvalue weighted by Crippen LogP contribution is 2.23. The first-order chi connectivity index (χ1) is 6.61. The van der Waals surface area contributed by atoms with Crippen molar-refractivity contribution in [1.29, 1.82) is 0 Å². The summed E-state index contributed by atoms with van der Waals surface area (Å²) in [6.45, 7) is 6.29. The molecule has 0 bridgehead atoms. The normalized spacial score (nSPS) is 27.2. The number of hydrogen-bond donors (Lipinski definition) is 0. The quantitative estimate of drug-likeness (QED) is 0.503. The average Bonchev–Trinajstić information content (AvgIpc) is 2.01. The molecule has 0 aromatic heterocycles. The summed E-state index contributed by atoms with van der Waals surface area (Å²) in [5.41, 5.74) is 1.13. The molecule has 3 heteroatoms. The second kappa shape index (κ2) is 5.15. The van der Waals surface area contributed by atoms with Gasteiger partial charge in [-0.05, 0) is 33.6 Å². The first kappa shape index (κ1) is 11.2. The molecular weight excluding hydrogens is 180 g/mol. The standard InChI is InChI=1S/C11H18O3/c1-4-13-11(12)7-10-5-8(2)14-9(3)6-10/h7-9H,4-6H2,1-3H3/t8-,9-/m0/s1. The highest BCUT2D eigenvalue weighted by atomic mass is 16.5. The molecule has 0 spiro atoms. The summed E-state index contributed by atoms with van der Waals surface area (Å²) in [4.78, 5) is 11.2. The molecule has 1 heterocycles. The fourth-order valence-corrected chi connectivity index (χ4v) is 1.78. The van der Waals surface area contributed by atoms with E-state index in [-0.39, 0.29) is 18.2 Å². The molecule has 1 aliphatic rings. The van der Waals surface area contributed by atoms with E-state index in [1.807, 2.05) is 20.8 Å². The zero-order valence-electron chi connectivity index (χ0n) is 9.08. The van der Waals surface area contributed by atoms with Crippen LogP contribution in [-0.4, -0.2) is 24.8 Å². The number of esters is 1. The Morgan fingerprint density at radius 2 is 2.07 bits per heavy atom. The smallest absolute Gasteiger partial charge is 0.330 e. The molecule has 0 radical (unpaired) electrons. The summed E-state index contributed by atoms with van der Waals surface area (Å²) in [5, 5.41) is 0. The molecule has 0 saturated carbocycles. The fourth-order valence-electron chi connectivity index (χ4n) is 1.78. The molecule has 14 heavy (non-hydrogen) atoms. The van der Waals surface area contributed by atoms with E-state index in [1.54, 1.807) is 6.08 Å². The number of ether oxygens (including phenoxy) is 2. The van der Waals surface area contributed by atoms with Gasteiger partial charge in [0.1, 0.15) is 0 Å². The molecule has 0 unspecified atom stereocenters. The zero-order chi connectivity index (χ0) is 10.6. The van der Waals surface area contributed by atoms with Gasteiger partial charge < -0.3 is 9.47 Å². The molecular formula is C11H18O3. The lowest BCUT2D eigenvalue weighted by Crippen LogP contribution is -2.24. The summed E-state index contributed by atoms with van der Waals surface area (Å²) in [6, 6.07) is 0. The minimum atomic E-state index is -0.233. The Labute approximate surface area is 85.1 Å². The maximum Gasteiger partial charge on any atom is 0.330 e. The van der Waals surface area contributed by atoms with Crippen molar-refractivity contribution in [2.45, 2.75) is 45.8 Å². The fraction of sp³-hybridized carbons (Fsp3) is 0.727. The highest BCUT2D eigenvalue weighted by molar-refractivity contribution is 5.82. The Balaban J connectivity index is 2.53. The van der Waals surface area contributed by atoms with Crippen LogP contribution in [0.3, 0.4) is 0 Å². The van der Waals surface area contributed by atoms with E-state index in [4.69, 9.17) is 9.47 Å². The lowest BCUT2D eigenvalue weighted by molar-refractivity contribution is -0.137. The Morgan fingerprint density at radius 1 is 1.50 bits per heavy atom. The Morgan fingerprint density at radius 3 is 2.57 bits per heavy atom. The Kier molecular flexibility index (Phi) is 4.14. The van der Waals surface area contributed by atoms with Gasteiger partial charge in [0, 0.05) is 6.08 Å². The third kappa shape index (κ3) is 3.50. The lowest BCUT2D eigenvalue weighted by atomic mass is 9.99. The van der Waals surface area contributed by atoms with Crippen molar-refractivity contribution in [2.24, 2.45) is 0 Å². The van der Waals surface area contributed by atoms with Gasteiger partial charge in [0.25, 0.3) is 0 Å². The summed E-state index contributed by atoms with van der Waals surface area (Å²) in [6.07, 6.45) is 3.70. The van der Waals surface area contributed by atoms with Crippen molar-refractivity contribution in [1.82, 2.24) is 0 Å². The molecule has 3 nitrogen and oxygen atoms in total. The van der Waals surface area contributed by atoms with Gasteiger partial charge in [0.2, 0.25) is 0 Å². The van der Waals surface area contributed by atoms with E-state index < -0.39 is 0 Å². The van der Waals surface area contributed by atoms with Gasteiger partial charge in [-0.25, -0.2) is 4.79 Å². The van der Waals surface area contributed by atoms with Gasteiger partial charge in [-0.3, -0.25) is 0 Å². The largest absolute Gasteiger partial charge is 0.463 e. The summed E-state index contributed by atoms with van der Waals surface area (Å²) in [7, 11) is 0.